The Morgan fingerprint density at radius 3 is 2.40 bits per heavy atom. The summed E-state index contributed by atoms with van der Waals surface area (Å²) in [6, 6.07) is 19.6. The van der Waals surface area contributed by atoms with Gasteiger partial charge < -0.3 is 5.32 Å². The minimum Gasteiger partial charge on any atom is -0.325 e. The van der Waals surface area contributed by atoms with Crippen molar-refractivity contribution in [1.82, 2.24) is 14.8 Å². The fraction of sp³-hybridized carbons (Fsp3) is 0.211. The fourth-order valence-corrected chi connectivity index (χ4v) is 3.41. The van der Waals surface area contributed by atoms with E-state index in [1.54, 1.807) is 0 Å². The molecule has 1 aromatic heterocycles. The van der Waals surface area contributed by atoms with Gasteiger partial charge in [-0.15, -0.1) is 10.2 Å². The van der Waals surface area contributed by atoms with Gasteiger partial charge in [0.15, 0.2) is 5.16 Å². The maximum Gasteiger partial charge on any atom is 0.234 e. The number of aromatic nitrogens is 3. The van der Waals surface area contributed by atoms with Crippen molar-refractivity contribution in [3.8, 4) is 5.69 Å². The molecule has 0 unspecified atom stereocenters. The van der Waals surface area contributed by atoms with Crippen molar-refractivity contribution in [3.63, 3.8) is 0 Å². The largest absolute Gasteiger partial charge is 0.325 e. The lowest BCUT2D eigenvalue weighted by atomic mass is 10.3. The van der Waals surface area contributed by atoms with Gasteiger partial charge in [-0.05, 0) is 37.1 Å². The van der Waals surface area contributed by atoms with Crippen LogP contribution in [0.25, 0.3) is 5.69 Å². The lowest BCUT2D eigenvalue weighted by Gasteiger charge is -2.10. The third-order valence-corrected chi connectivity index (χ3v) is 4.93. The topological polar surface area (TPSA) is 59.8 Å². The number of benzene rings is 2. The van der Waals surface area contributed by atoms with Gasteiger partial charge in [-0.2, -0.15) is 0 Å². The van der Waals surface area contributed by atoms with Crippen molar-refractivity contribution in [2.45, 2.75) is 23.9 Å². The second-order valence-electron chi connectivity index (χ2n) is 5.99. The molecule has 0 radical (unpaired) electrons. The summed E-state index contributed by atoms with van der Waals surface area (Å²) >= 11 is 1.41. The minimum absolute atomic E-state index is 0.0493. The Morgan fingerprint density at radius 2 is 1.72 bits per heavy atom. The predicted molar refractivity (Wildman–Crippen MR) is 99.1 cm³/mol. The number of rotatable bonds is 6. The van der Waals surface area contributed by atoms with Crippen molar-refractivity contribution in [3.05, 3.63) is 66.5 Å². The third kappa shape index (κ3) is 3.74. The number of nitrogens with zero attached hydrogens (tertiary/aromatic N) is 3. The molecular formula is C19H18N4OS. The summed E-state index contributed by atoms with van der Waals surface area (Å²) in [5, 5.41) is 12.4. The number of hydrogen-bond donors (Lipinski definition) is 1. The zero-order chi connectivity index (χ0) is 17.1. The molecule has 1 aliphatic rings. The van der Waals surface area contributed by atoms with E-state index in [1.807, 2.05) is 60.7 Å². The Morgan fingerprint density at radius 1 is 1.04 bits per heavy atom. The highest BCUT2D eigenvalue weighted by Crippen LogP contribution is 2.41. The molecule has 0 atom stereocenters. The molecule has 4 rings (SSSR count). The third-order valence-electron chi connectivity index (χ3n) is 4.01. The number of para-hydroxylation sites is 2. The first-order valence-corrected chi connectivity index (χ1v) is 9.28. The van der Waals surface area contributed by atoms with Crippen LogP contribution in [0.3, 0.4) is 0 Å². The number of thioether (sulfide) groups is 1. The smallest absolute Gasteiger partial charge is 0.234 e. The average molecular weight is 350 g/mol. The average Bonchev–Trinajstić information content (AvgIpc) is 3.41. The van der Waals surface area contributed by atoms with Crippen LogP contribution in [0.1, 0.15) is 24.6 Å². The van der Waals surface area contributed by atoms with Gasteiger partial charge in [0.25, 0.3) is 0 Å². The maximum atomic E-state index is 12.2. The Bertz CT molecular complexity index is 860. The Hall–Kier alpha value is -2.60. The molecule has 5 nitrogen and oxygen atoms in total. The van der Waals surface area contributed by atoms with E-state index in [0.29, 0.717) is 11.7 Å². The first-order chi connectivity index (χ1) is 12.3. The van der Waals surface area contributed by atoms with E-state index < -0.39 is 0 Å². The number of carbonyl (C=O) groups excluding carboxylic acids is 1. The van der Waals surface area contributed by atoms with E-state index in [2.05, 4.69) is 20.1 Å². The van der Waals surface area contributed by atoms with Crippen LogP contribution in [0.15, 0.2) is 65.8 Å². The molecule has 2 aromatic carbocycles. The number of anilines is 1. The van der Waals surface area contributed by atoms with Crippen molar-refractivity contribution in [2.24, 2.45) is 0 Å². The van der Waals surface area contributed by atoms with Crippen LogP contribution in [0, 0.1) is 0 Å². The molecule has 25 heavy (non-hydrogen) atoms. The number of amides is 1. The maximum absolute atomic E-state index is 12.2. The van der Waals surface area contributed by atoms with Gasteiger partial charge in [0.2, 0.25) is 5.91 Å². The second-order valence-corrected chi connectivity index (χ2v) is 6.93. The number of hydrogen-bond acceptors (Lipinski definition) is 4. The van der Waals surface area contributed by atoms with Crippen LogP contribution in [0.2, 0.25) is 0 Å². The van der Waals surface area contributed by atoms with E-state index in [0.717, 1.165) is 35.2 Å². The summed E-state index contributed by atoms with van der Waals surface area (Å²) in [5.41, 5.74) is 1.84. The van der Waals surface area contributed by atoms with Gasteiger partial charge in [-0.25, -0.2) is 0 Å². The molecule has 3 aromatic rings. The van der Waals surface area contributed by atoms with E-state index in [9.17, 15) is 4.79 Å². The zero-order valence-electron chi connectivity index (χ0n) is 13.6. The highest BCUT2D eigenvalue weighted by atomic mass is 32.2. The molecule has 1 amide bonds. The lowest BCUT2D eigenvalue weighted by Crippen LogP contribution is -2.14. The molecule has 1 fully saturated rings. The summed E-state index contributed by atoms with van der Waals surface area (Å²) in [6.45, 7) is 0. The first-order valence-electron chi connectivity index (χ1n) is 8.30. The molecule has 1 N–H and O–H groups in total. The van der Waals surface area contributed by atoms with Gasteiger partial charge in [-0.3, -0.25) is 9.36 Å². The van der Waals surface area contributed by atoms with Crippen LogP contribution < -0.4 is 5.32 Å². The Kier molecular flexibility index (Phi) is 4.52. The van der Waals surface area contributed by atoms with Crippen molar-refractivity contribution in [1.29, 1.82) is 0 Å². The molecular weight excluding hydrogens is 332 g/mol. The molecule has 126 valence electrons. The van der Waals surface area contributed by atoms with Gasteiger partial charge in [0, 0.05) is 17.3 Å². The van der Waals surface area contributed by atoms with Crippen LogP contribution >= 0.6 is 11.8 Å². The highest BCUT2D eigenvalue weighted by molar-refractivity contribution is 7.99. The molecule has 0 aliphatic heterocycles. The van der Waals surface area contributed by atoms with Crippen molar-refractivity contribution in [2.75, 3.05) is 11.1 Å². The van der Waals surface area contributed by atoms with E-state index in [-0.39, 0.29) is 5.91 Å². The second kappa shape index (κ2) is 7.11. The lowest BCUT2D eigenvalue weighted by molar-refractivity contribution is -0.113. The minimum atomic E-state index is -0.0493. The van der Waals surface area contributed by atoms with E-state index in [1.165, 1.54) is 11.8 Å². The molecule has 6 heteroatoms. The Balaban J connectivity index is 1.50. The molecule has 1 heterocycles. The fourth-order valence-electron chi connectivity index (χ4n) is 2.65. The standard InChI is InChI=1S/C19H18N4OS/c24-17(20-15-7-3-1-4-8-15)13-25-19-22-21-18(14-11-12-14)23(19)16-9-5-2-6-10-16/h1-10,14H,11-13H2,(H,20,24). The van der Waals surface area contributed by atoms with Crippen LogP contribution in [-0.4, -0.2) is 26.4 Å². The van der Waals surface area contributed by atoms with Crippen molar-refractivity contribution >= 4 is 23.4 Å². The normalized spacial score (nSPS) is 13.6. The summed E-state index contributed by atoms with van der Waals surface area (Å²) in [5.74, 6) is 1.73. The SMILES string of the molecule is O=C(CSc1nnc(C2CC2)n1-c1ccccc1)Nc1ccccc1. The molecule has 0 saturated heterocycles. The summed E-state index contributed by atoms with van der Waals surface area (Å²) < 4.78 is 2.08. The predicted octanol–water partition coefficient (Wildman–Crippen LogP) is 3.88. The van der Waals surface area contributed by atoms with Gasteiger partial charge in [-0.1, -0.05) is 48.2 Å². The van der Waals surface area contributed by atoms with Crippen LogP contribution in [0.4, 0.5) is 5.69 Å². The van der Waals surface area contributed by atoms with E-state index in [4.69, 9.17) is 0 Å². The number of carbonyl (C=O) groups is 1. The van der Waals surface area contributed by atoms with Crippen LogP contribution in [0.5, 0.6) is 0 Å². The highest BCUT2D eigenvalue weighted by Gasteiger charge is 2.31. The van der Waals surface area contributed by atoms with Crippen molar-refractivity contribution < 1.29 is 4.79 Å². The zero-order valence-corrected chi connectivity index (χ0v) is 14.4. The summed E-state index contributed by atoms with van der Waals surface area (Å²) in [4.78, 5) is 12.2. The molecule has 1 aliphatic carbocycles. The van der Waals surface area contributed by atoms with Gasteiger partial charge in [0.1, 0.15) is 5.82 Å². The molecule has 0 bridgehead atoms. The molecule has 1 saturated carbocycles. The van der Waals surface area contributed by atoms with Crippen LogP contribution in [-0.2, 0) is 4.79 Å². The first kappa shape index (κ1) is 15.9. The van der Waals surface area contributed by atoms with Gasteiger partial charge >= 0.3 is 0 Å². The Labute approximate surface area is 150 Å². The quantitative estimate of drug-likeness (QED) is 0.686. The van der Waals surface area contributed by atoms with E-state index >= 15 is 0 Å². The summed E-state index contributed by atoms with van der Waals surface area (Å²) in [7, 11) is 0. The molecule has 0 spiro atoms. The summed E-state index contributed by atoms with van der Waals surface area (Å²) in [6.07, 6.45) is 2.31. The number of nitrogens with one attached hydrogen (secondary N) is 1. The van der Waals surface area contributed by atoms with Gasteiger partial charge in [0.05, 0.1) is 5.75 Å². The monoisotopic (exact) mass is 350 g/mol.